The third-order valence-electron chi connectivity index (χ3n) is 3.28. The zero-order valence-electron chi connectivity index (χ0n) is 14.0. The number of carboxylic acids is 1. The van der Waals surface area contributed by atoms with E-state index in [0.717, 1.165) is 23.1 Å². The molecule has 3 N–H and O–H groups in total. The zero-order chi connectivity index (χ0) is 19.7. The predicted octanol–water partition coefficient (Wildman–Crippen LogP) is 0.904. The second-order valence-corrected chi connectivity index (χ2v) is 8.80. The van der Waals surface area contributed by atoms with Crippen molar-refractivity contribution in [2.45, 2.75) is 4.90 Å². The monoisotopic (exact) mass is 403 g/mol. The van der Waals surface area contributed by atoms with Crippen LogP contribution in [0.2, 0.25) is 0 Å². The molecule has 2 rings (SSSR count). The number of anilines is 2. The summed E-state index contributed by atoms with van der Waals surface area (Å²) < 4.78 is 58.7. The Bertz CT molecular complexity index is 1060. The molecule has 0 aliphatic rings. The maximum absolute atomic E-state index is 12.6. The minimum Gasteiger partial charge on any atom is -0.497 e. The number of methoxy groups -OCH3 is 1. The number of nitrogens with one attached hydrogen (secondary N) is 2. The molecule has 1 aromatic heterocycles. The van der Waals surface area contributed by atoms with Gasteiger partial charge in [-0.15, -0.1) is 0 Å². The Morgan fingerprint density at radius 1 is 1.12 bits per heavy atom. The second-order valence-electron chi connectivity index (χ2n) is 5.37. The van der Waals surface area contributed by atoms with E-state index in [2.05, 4.69) is 9.44 Å². The normalized spacial score (nSPS) is 11.8. The molecule has 1 aromatic carbocycles. The zero-order valence-corrected chi connectivity index (χ0v) is 15.7. The van der Waals surface area contributed by atoms with Crippen LogP contribution in [0, 0.1) is 0 Å². The van der Waals surface area contributed by atoms with Crippen LogP contribution in [0.5, 0.6) is 5.75 Å². The van der Waals surface area contributed by atoms with Gasteiger partial charge in [-0.05, 0) is 18.2 Å². The summed E-state index contributed by atoms with van der Waals surface area (Å²) in [7, 11) is -5.07. The fourth-order valence-corrected chi connectivity index (χ4v) is 3.84. The van der Waals surface area contributed by atoms with Gasteiger partial charge in [-0.2, -0.15) is 0 Å². The molecular formula is C14H17N3O7S2. The average molecular weight is 403 g/mol. The first-order valence-electron chi connectivity index (χ1n) is 7.01. The number of carboxylic acid groups (broad SMARTS) is 1. The van der Waals surface area contributed by atoms with Crippen LogP contribution in [-0.4, -0.2) is 45.8 Å². The van der Waals surface area contributed by atoms with Gasteiger partial charge in [0.1, 0.15) is 16.3 Å². The molecule has 0 aliphatic heterocycles. The largest absolute Gasteiger partial charge is 0.497 e. The molecule has 0 radical (unpaired) electrons. The number of aromatic nitrogens is 1. The van der Waals surface area contributed by atoms with Gasteiger partial charge in [0.15, 0.2) is 0 Å². The fraction of sp³-hybridized carbons (Fsp3) is 0.214. The van der Waals surface area contributed by atoms with Gasteiger partial charge in [-0.3, -0.25) is 9.44 Å². The summed E-state index contributed by atoms with van der Waals surface area (Å²) in [6.07, 6.45) is 2.06. The molecule has 26 heavy (non-hydrogen) atoms. The Labute approximate surface area is 150 Å². The molecule has 0 fully saturated rings. The van der Waals surface area contributed by atoms with Crippen LogP contribution in [0.4, 0.5) is 11.4 Å². The number of benzene rings is 1. The lowest BCUT2D eigenvalue weighted by Crippen LogP contribution is -2.16. The molecule has 0 amide bonds. The van der Waals surface area contributed by atoms with E-state index in [1.165, 1.54) is 32.4 Å². The first-order chi connectivity index (χ1) is 11.9. The molecular weight excluding hydrogens is 386 g/mol. The van der Waals surface area contributed by atoms with Crippen LogP contribution in [0.3, 0.4) is 0 Å². The van der Waals surface area contributed by atoms with Crippen molar-refractivity contribution >= 4 is 37.4 Å². The van der Waals surface area contributed by atoms with E-state index < -0.39 is 26.0 Å². The lowest BCUT2D eigenvalue weighted by atomic mass is 10.2. The number of hydrogen-bond donors (Lipinski definition) is 3. The standard InChI is InChI=1S/C14H17N3O7S2/c1-17-8-10(7-13(17)14(18)19)26(22,23)16-12-6-9(24-2)4-5-11(12)15-25(3,20)21/h4-8,15-16H,1-3H3,(H,18,19). The Balaban J connectivity index is 2.48. The minimum absolute atomic E-state index is 0.00809. The van der Waals surface area contributed by atoms with Crippen molar-refractivity contribution in [2.24, 2.45) is 7.05 Å². The molecule has 10 nitrogen and oxygen atoms in total. The molecule has 0 spiro atoms. The Morgan fingerprint density at radius 2 is 1.77 bits per heavy atom. The molecule has 1 heterocycles. The molecule has 0 saturated carbocycles. The maximum atomic E-state index is 12.6. The fourth-order valence-electron chi connectivity index (χ4n) is 2.12. The van der Waals surface area contributed by atoms with Crippen LogP contribution < -0.4 is 14.2 Å². The van der Waals surface area contributed by atoms with Gasteiger partial charge in [0.25, 0.3) is 10.0 Å². The number of hydrogen-bond acceptors (Lipinski definition) is 6. The van der Waals surface area contributed by atoms with Crippen LogP contribution >= 0.6 is 0 Å². The van der Waals surface area contributed by atoms with Crippen molar-refractivity contribution in [1.82, 2.24) is 4.57 Å². The quantitative estimate of drug-likeness (QED) is 0.623. The number of nitrogens with zero attached hydrogens (tertiary/aromatic N) is 1. The van der Waals surface area contributed by atoms with E-state index in [0.29, 0.717) is 5.75 Å². The molecule has 12 heteroatoms. The van der Waals surface area contributed by atoms with E-state index in [9.17, 15) is 21.6 Å². The van der Waals surface area contributed by atoms with Crippen LogP contribution in [-0.2, 0) is 27.1 Å². The maximum Gasteiger partial charge on any atom is 0.352 e. The summed E-state index contributed by atoms with van der Waals surface area (Å²) in [6, 6.07) is 5.09. The van der Waals surface area contributed by atoms with E-state index in [4.69, 9.17) is 9.84 Å². The smallest absolute Gasteiger partial charge is 0.352 e. The summed E-state index contributed by atoms with van der Waals surface area (Å²) >= 11 is 0. The Kier molecular flexibility index (Phi) is 5.18. The lowest BCUT2D eigenvalue weighted by molar-refractivity contribution is 0.0686. The predicted molar refractivity (Wildman–Crippen MR) is 94.6 cm³/mol. The summed E-state index contributed by atoms with van der Waals surface area (Å²) in [5, 5.41) is 9.05. The number of aromatic carboxylic acids is 1. The molecule has 0 aliphatic carbocycles. The van der Waals surface area contributed by atoms with Crippen molar-refractivity contribution in [3.8, 4) is 5.75 Å². The summed E-state index contributed by atoms with van der Waals surface area (Å²) in [5.74, 6) is -0.990. The van der Waals surface area contributed by atoms with Crippen molar-refractivity contribution in [3.05, 3.63) is 36.2 Å². The van der Waals surface area contributed by atoms with Crippen molar-refractivity contribution in [2.75, 3.05) is 22.8 Å². The molecule has 0 atom stereocenters. The minimum atomic E-state index is -4.18. The third kappa shape index (κ3) is 4.46. The SMILES string of the molecule is COc1ccc(NS(C)(=O)=O)c(NS(=O)(=O)c2cc(C(=O)O)n(C)c2)c1. The van der Waals surface area contributed by atoms with Crippen LogP contribution in [0.25, 0.3) is 0 Å². The van der Waals surface area contributed by atoms with Gasteiger partial charge in [0.2, 0.25) is 10.0 Å². The van der Waals surface area contributed by atoms with Crippen LogP contribution in [0.15, 0.2) is 35.4 Å². The topological polar surface area (TPSA) is 144 Å². The molecule has 2 aromatic rings. The molecule has 0 unspecified atom stereocenters. The third-order valence-corrected chi connectivity index (χ3v) is 5.20. The van der Waals surface area contributed by atoms with Crippen molar-refractivity contribution in [1.29, 1.82) is 0 Å². The first kappa shape index (κ1) is 19.6. The van der Waals surface area contributed by atoms with Crippen LogP contribution in [0.1, 0.15) is 10.5 Å². The van der Waals surface area contributed by atoms with Crippen molar-refractivity contribution < 1.29 is 31.5 Å². The highest BCUT2D eigenvalue weighted by Crippen LogP contribution is 2.30. The van der Waals surface area contributed by atoms with Crippen molar-refractivity contribution in [3.63, 3.8) is 0 Å². The number of carbonyl (C=O) groups is 1. The van der Waals surface area contributed by atoms with Gasteiger partial charge in [0.05, 0.1) is 24.7 Å². The highest BCUT2D eigenvalue weighted by atomic mass is 32.2. The highest BCUT2D eigenvalue weighted by Gasteiger charge is 2.22. The summed E-state index contributed by atoms with van der Waals surface area (Å²) in [4.78, 5) is 10.8. The van der Waals surface area contributed by atoms with E-state index in [-0.39, 0.29) is 22.0 Å². The summed E-state index contributed by atoms with van der Waals surface area (Å²) in [5.41, 5.74) is -0.299. The average Bonchev–Trinajstić information content (AvgIpc) is 2.90. The van der Waals surface area contributed by atoms with Gasteiger partial charge in [-0.1, -0.05) is 0 Å². The van der Waals surface area contributed by atoms with E-state index in [1.54, 1.807) is 0 Å². The Morgan fingerprint density at radius 3 is 2.27 bits per heavy atom. The van der Waals surface area contributed by atoms with E-state index >= 15 is 0 Å². The van der Waals surface area contributed by atoms with E-state index in [1.807, 2.05) is 0 Å². The number of sulfonamides is 2. The molecule has 0 bridgehead atoms. The second kappa shape index (κ2) is 6.88. The molecule has 0 saturated heterocycles. The van der Waals surface area contributed by atoms with Gasteiger partial charge in [-0.25, -0.2) is 21.6 Å². The van der Waals surface area contributed by atoms with Gasteiger partial charge in [0, 0.05) is 19.3 Å². The number of rotatable bonds is 7. The Hall–Kier alpha value is -2.73. The lowest BCUT2D eigenvalue weighted by Gasteiger charge is -2.14. The first-order valence-corrected chi connectivity index (χ1v) is 10.4. The van der Waals surface area contributed by atoms with Gasteiger partial charge < -0.3 is 14.4 Å². The summed E-state index contributed by atoms with van der Waals surface area (Å²) in [6.45, 7) is 0. The van der Waals surface area contributed by atoms with Gasteiger partial charge >= 0.3 is 5.97 Å². The molecule has 142 valence electrons. The number of aryl methyl sites for hydroxylation is 1. The number of ether oxygens (including phenoxy) is 1. The highest BCUT2D eigenvalue weighted by molar-refractivity contribution is 7.93.